The number of hydrogen-bond acceptors (Lipinski definition) is 3. The second-order valence-corrected chi connectivity index (χ2v) is 5.34. The van der Waals surface area contributed by atoms with E-state index in [2.05, 4.69) is 12.2 Å². The fourth-order valence-electron chi connectivity index (χ4n) is 1.29. The van der Waals surface area contributed by atoms with Crippen LogP contribution in [0.15, 0.2) is 24.3 Å². The third-order valence-electron chi connectivity index (χ3n) is 2.43. The van der Waals surface area contributed by atoms with E-state index in [9.17, 15) is 9.18 Å². The SMILES string of the molecule is CC(CN)CSCCC(=O)Nc1ccccc1F. The van der Waals surface area contributed by atoms with Crippen LogP contribution in [0, 0.1) is 11.7 Å². The maximum absolute atomic E-state index is 13.3. The molecule has 0 saturated carbocycles. The number of thioether (sulfide) groups is 1. The van der Waals surface area contributed by atoms with E-state index < -0.39 is 5.82 Å². The maximum atomic E-state index is 13.3. The fourth-order valence-corrected chi connectivity index (χ4v) is 2.33. The lowest BCUT2D eigenvalue weighted by molar-refractivity contribution is -0.115. The average Bonchev–Trinajstić information content (AvgIpc) is 2.37. The summed E-state index contributed by atoms with van der Waals surface area (Å²) in [6, 6.07) is 6.16. The van der Waals surface area contributed by atoms with Crippen molar-refractivity contribution in [2.75, 3.05) is 23.4 Å². The molecule has 0 fully saturated rings. The first-order valence-electron chi connectivity index (χ1n) is 5.95. The zero-order valence-electron chi connectivity index (χ0n) is 10.5. The van der Waals surface area contributed by atoms with Crippen LogP contribution in [0.25, 0.3) is 0 Å². The number of para-hydroxylation sites is 1. The van der Waals surface area contributed by atoms with Gasteiger partial charge in [0.2, 0.25) is 5.91 Å². The van der Waals surface area contributed by atoms with E-state index in [4.69, 9.17) is 5.73 Å². The molecule has 0 radical (unpaired) electrons. The Hall–Kier alpha value is -1.07. The first-order chi connectivity index (χ1) is 8.63. The monoisotopic (exact) mass is 270 g/mol. The van der Waals surface area contributed by atoms with Crippen molar-refractivity contribution in [1.29, 1.82) is 0 Å². The van der Waals surface area contributed by atoms with Gasteiger partial charge < -0.3 is 11.1 Å². The molecule has 0 aromatic heterocycles. The van der Waals surface area contributed by atoms with Gasteiger partial charge in [-0.3, -0.25) is 4.79 Å². The molecule has 1 amide bonds. The van der Waals surface area contributed by atoms with Crippen LogP contribution in [0.1, 0.15) is 13.3 Å². The van der Waals surface area contributed by atoms with Crippen LogP contribution >= 0.6 is 11.8 Å². The van der Waals surface area contributed by atoms with E-state index in [0.29, 0.717) is 18.9 Å². The highest BCUT2D eigenvalue weighted by atomic mass is 32.2. The lowest BCUT2D eigenvalue weighted by Gasteiger charge is -2.08. The zero-order valence-corrected chi connectivity index (χ0v) is 11.3. The molecule has 1 rings (SSSR count). The van der Waals surface area contributed by atoms with Gasteiger partial charge in [0.25, 0.3) is 0 Å². The highest BCUT2D eigenvalue weighted by Gasteiger charge is 2.06. The summed E-state index contributed by atoms with van der Waals surface area (Å²) in [7, 11) is 0. The molecule has 1 aromatic rings. The minimum Gasteiger partial charge on any atom is -0.330 e. The highest BCUT2D eigenvalue weighted by Crippen LogP contribution is 2.14. The van der Waals surface area contributed by atoms with Crippen LogP contribution in [0.4, 0.5) is 10.1 Å². The van der Waals surface area contributed by atoms with Crippen molar-refractivity contribution in [2.24, 2.45) is 11.7 Å². The largest absolute Gasteiger partial charge is 0.330 e. The van der Waals surface area contributed by atoms with Crippen molar-refractivity contribution in [3.8, 4) is 0 Å². The number of nitrogens with one attached hydrogen (secondary N) is 1. The standard InChI is InChI=1S/C13H19FN2OS/c1-10(8-15)9-18-7-6-13(17)16-12-5-3-2-4-11(12)14/h2-5,10H,6-9,15H2,1H3,(H,16,17). The Morgan fingerprint density at radius 2 is 2.22 bits per heavy atom. The molecule has 5 heteroatoms. The predicted octanol–water partition coefficient (Wildman–Crippen LogP) is 2.48. The third kappa shape index (κ3) is 5.51. The van der Waals surface area contributed by atoms with Gasteiger partial charge in [0.05, 0.1) is 5.69 Å². The van der Waals surface area contributed by atoms with Gasteiger partial charge in [-0.15, -0.1) is 0 Å². The fraction of sp³-hybridized carbons (Fsp3) is 0.462. The molecule has 0 aliphatic heterocycles. The molecule has 3 N–H and O–H groups in total. The summed E-state index contributed by atoms with van der Waals surface area (Å²) in [5.74, 6) is 1.57. The number of hydrogen-bond donors (Lipinski definition) is 2. The summed E-state index contributed by atoms with van der Waals surface area (Å²) in [5.41, 5.74) is 5.74. The number of benzene rings is 1. The van der Waals surface area contributed by atoms with E-state index in [1.165, 1.54) is 6.07 Å². The van der Waals surface area contributed by atoms with Gasteiger partial charge in [0.15, 0.2) is 0 Å². The van der Waals surface area contributed by atoms with E-state index in [0.717, 1.165) is 11.5 Å². The number of nitrogens with two attached hydrogens (primary N) is 1. The predicted molar refractivity (Wildman–Crippen MR) is 75.2 cm³/mol. The first-order valence-corrected chi connectivity index (χ1v) is 7.11. The summed E-state index contributed by atoms with van der Waals surface area (Å²) in [6.07, 6.45) is 0.385. The molecule has 0 heterocycles. The maximum Gasteiger partial charge on any atom is 0.225 e. The van der Waals surface area contributed by atoms with Crippen LogP contribution < -0.4 is 11.1 Å². The number of amides is 1. The van der Waals surface area contributed by atoms with Crippen LogP contribution in [-0.4, -0.2) is 24.0 Å². The second-order valence-electron chi connectivity index (χ2n) is 4.19. The van der Waals surface area contributed by atoms with Gasteiger partial charge >= 0.3 is 0 Å². The number of rotatable bonds is 7. The van der Waals surface area contributed by atoms with Crippen LogP contribution in [-0.2, 0) is 4.79 Å². The molecule has 0 aliphatic rings. The Morgan fingerprint density at radius 1 is 1.50 bits per heavy atom. The molecule has 18 heavy (non-hydrogen) atoms. The summed E-state index contributed by atoms with van der Waals surface area (Å²) in [5, 5.41) is 2.56. The Bertz CT molecular complexity index is 387. The van der Waals surface area contributed by atoms with E-state index in [1.54, 1.807) is 30.0 Å². The van der Waals surface area contributed by atoms with Gasteiger partial charge in [-0.1, -0.05) is 19.1 Å². The van der Waals surface area contributed by atoms with Gasteiger partial charge in [0.1, 0.15) is 5.82 Å². The van der Waals surface area contributed by atoms with Gasteiger partial charge in [0, 0.05) is 12.2 Å². The van der Waals surface area contributed by atoms with E-state index in [-0.39, 0.29) is 11.6 Å². The number of carbonyl (C=O) groups excluding carboxylic acids is 1. The molecular weight excluding hydrogens is 251 g/mol. The highest BCUT2D eigenvalue weighted by molar-refractivity contribution is 7.99. The number of anilines is 1. The summed E-state index contributed by atoms with van der Waals surface area (Å²) < 4.78 is 13.3. The Morgan fingerprint density at radius 3 is 2.89 bits per heavy atom. The van der Waals surface area contributed by atoms with Gasteiger partial charge in [-0.25, -0.2) is 4.39 Å². The van der Waals surface area contributed by atoms with Crippen molar-refractivity contribution in [3.63, 3.8) is 0 Å². The van der Waals surface area contributed by atoms with Crippen LogP contribution in [0.2, 0.25) is 0 Å². The molecule has 0 spiro atoms. The van der Waals surface area contributed by atoms with Gasteiger partial charge in [-0.05, 0) is 30.3 Å². The lowest BCUT2D eigenvalue weighted by Crippen LogP contribution is -2.15. The molecule has 0 aliphatic carbocycles. The first kappa shape index (κ1) is 15.0. The van der Waals surface area contributed by atoms with Crippen molar-refractivity contribution >= 4 is 23.4 Å². The van der Waals surface area contributed by atoms with E-state index in [1.807, 2.05) is 0 Å². The van der Waals surface area contributed by atoms with Crippen molar-refractivity contribution in [2.45, 2.75) is 13.3 Å². The third-order valence-corrected chi connectivity index (χ3v) is 3.72. The van der Waals surface area contributed by atoms with E-state index >= 15 is 0 Å². The Kier molecular flexibility index (Phi) is 6.75. The average molecular weight is 270 g/mol. The molecule has 0 saturated heterocycles. The van der Waals surface area contributed by atoms with Gasteiger partial charge in [-0.2, -0.15) is 11.8 Å². The Labute approximate surface area is 111 Å². The van der Waals surface area contributed by atoms with Crippen molar-refractivity contribution in [3.05, 3.63) is 30.1 Å². The number of carbonyl (C=O) groups is 1. The molecular formula is C13H19FN2OS. The smallest absolute Gasteiger partial charge is 0.225 e. The van der Waals surface area contributed by atoms with Crippen LogP contribution in [0.5, 0.6) is 0 Å². The summed E-state index contributed by atoms with van der Waals surface area (Å²) in [4.78, 5) is 11.6. The number of halogens is 1. The molecule has 100 valence electrons. The zero-order chi connectivity index (χ0) is 13.4. The molecule has 3 nitrogen and oxygen atoms in total. The molecule has 1 atom stereocenters. The Balaban J connectivity index is 2.24. The summed E-state index contributed by atoms with van der Waals surface area (Å²) in [6.45, 7) is 2.74. The van der Waals surface area contributed by atoms with Crippen molar-refractivity contribution in [1.82, 2.24) is 0 Å². The quantitative estimate of drug-likeness (QED) is 0.748. The summed E-state index contributed by atoms with van der Waals surface area (Å²) >= 11 is 1.69. The molecule has 1 aromatic carbocycles. The van der Waals surface area contributed by atoms with Crippen molar-refractivity contribution < 1.29 is 9.18 Å². The minimum atomic E-state index is -0.407. The normalized spacial score (nSPS) is 12.2. The molecule has 0 bridgehead atoms. The molecule has 1 unspecified atom stereocenters. The second kappa shape index (κ2) is 8.11. The van der Waals surface area contributed by atoms with Crippen LogP contribution in [0.3, 0.4) is 0 Å². The minimum absolute atomic E-state index is 0.159. The topological polar surface area (TPSA) is 55.1 Å². The lowest BCUT2D eigenvalue weighted by atomic mass is 10.2.